The van der Waals surface area contributed by atoms with Gasteiger partial charge in [0.15, 0.2) is 0 Å². The van der Waals surface area contributed by atoms with E-state index in [1.807, 2.05) is 17.5 Å². The summed E-state index contributed by atoms with van der Waals surface area (Å²) in [6.07, 6.45) is 2.57. The third kappa shape index (κ3) is 3.51. The Bertz CT molecular complexity index is 835. The van der Waals surface area contributed by atoms with Crippen LogP contribution in [0.25, 0.3) is 0 Å². The number of benzene rings is 1. The molecule has 1 fully saturated rings. The Morgan fingerprint density at radius 3 is 2.89 bits per heavy atom. The van der Waals surface area contributed by atoms with Crippen molar-refractivity contribution in [1.29, 1.82) is 0 Å². The van der Waals surface area contributed by atoms with Crippen molar-refractivity contribution in [2.45, 2.75) is 19.1 Å². The van der Waals surface area contributed by atoms with E-state index in [0.717, 1.165) is 54.8 Å². The van der Waals surface area contributed by atoms with Gasteiger partial charge >= 0.3 is 0 Å². The number of nitrogens with one attached hydrogen (secondary N) is 1. The van der Waals surface area contributed by atoms with Gasteiger partial charge in [0.2, 0.25) is 10.9 Å². The zero-order valence-corrected chi connectivity index (χ0v) is 16.3. The van der Waals surface area contributed by atoms with Gasteiger partial charge in [-0.1, -0.05) is 6.92 Å². The van der Waals surface area contributed by atoms with E-state index in [1.165, 1.54) is 0 Å². The zero-order chi connectivity index (χ0) is 18.9. The van der Waals surface area contributed by atoms with Gasteiger partial charge in [-0.2, -0.15) is 5.43 Å². The Morgan fingerprint density at radius 1 is 1.37 bits per heavy atom. The highest BCUT2D eigenvalue weighted by atomic mass is 32.1. The highest BCUT2D eigenvalue weighted by molar-refractivity contribution is 7.13. The Morgan fingerprint density at radius 2 is 2.19 bits per heavy atom. The summed E-state index contributed by atoms with van der Waals surface area (Å²) in [5, 5.41) is 4.62. The molecule has 1 unspecified atom stereocenters. The van der Waals surface area contributed by atoms with E-state index < -0.39 is 5.79 Å². The van der Waals surface area contributed by atoms with Gasteiger partial charge in [0.1, 0.15) is 12.1 Å². The van der Waals surface area contributed by atoms with Crippen LogP contribution in [0.4, 0.5) is 10.8 Å². The average Bonchev–Trinajstić information content (AvgIpc) is 3.35. The van der Waals surface area contributed by atoms with Gasteiger partial charge < -0.3 is 14.4 Å². The van der Waals surface area contributed by atoms with Gasteiger partial charge in [-0.3, -0.25) is 5.73 Å². The molecular formula is C18H24N6O2S. The van der Waals surface area contributed by atoms with Crippen molar-refractivity contribution in [1.82, 2.24) is 10.4 Å². The summed E-state index contributed by atoms with van der Waals surface area (Å²) in [6, 6.07) is 6.03. The quantitative estimate of drug-likeness (QED) is 0.805. The second kappa shape index (κ2) is 7.43. The fraction of sp³-hybridized carbons (Fsp3) is 0.444. The lowest BCUT2D eigenvalue weighted by Crippen LogP contribution is -2.51. The van der Waals surface area contributed by atoms with Crippen molar-refractivity contribution in [2.24, 2.45) is 10.7 Å². The van der Waals surface area contributed by atoms with Crippen LogP contribution in [0.15, 0.2) is 28.6 Å². The predicted molar refractivity (Wildman–Crippen MR) is 107 cm³/mol. The predicted octanol–water partition coefficient (Wildman–Crippen LogP) is 1.67. The first-order valence-corrected chi connectivity index (χ1v) is 9.88. The summed E-state index contributed by atoms with van der Waals surface area (Å²) in [6.45, 7) is 5.28. The molecule has 1 saturated heterocycles. The van der Waals surface area contributed by atoms with E-state index in [2.05, 4.69) is 33.3 Å². The minimum Gasteiger partial charge on any atom is -0.496 e. The Hall–Kier alpha value is -2.20. The molecule has 2 aromatic rings. The van der Waals surface area contributed by atoms with Gasteiger partial charge in [0.05, 0.1) is 31.6 Å². The molecule has 1 aromatic carbocycles. The van der Waals surface area contributed by atoms with Crippen LogP contribution < -0.4 is 25.8 Å². The molecule has 0 spiro atoms. The number of ether oxygens (including phenoxy) is 2. The molecule has 4 rings (SSSR count). The summed E-state index contributed by atoms with van der Waals surface area (Å²) in [5.74, 6) is -0.409. The number of aromatic nitrogens is 1. The van der Waals surface area contributed by atoms with Crippen LogP contribution in [0.2, 0.25) is 0 Å². The van der Waals surface area contributed by atoms with Crippen LogP contribution in [0.5, 0.6) is 5.75 Å². The Balaban J connectivity index is 1.57. The molecule has 0 saturated carbocycles. The number of nitrogens with zero attached hydrogens (tertiary/aromatic N) is 4. The molecule has 1 aromatic heterocycles. The van der Waals surface area contributed by atoms with Crippen molar-refractivity contribution in [3.8, 4) is 5.75 Å². The van der Waals surface area contributed by atoms with Gasteiger partial charge in [0, 0.05) is 30.2 Å². The number of aryl methyl sites for hydroxylation is 1. The molecule has 27 heavy (non-hydrogen) atoms. The molecule has 2 aliphatic rings. The lowest BCUT2D eigenvalue weighted by atomic mass is 10.1. The van der Waals surface area contributed by atoms with E-state index >= 15 is 0 Å². The molecule has 3 heterocycles. The van der Waals surface area contributed by atoms with Crippen LogP contribution in [0.1, 0.15) is 18.2 Å². The standard InChI is InChI=1S/C18H24N6O2S/c1-3-13-11-27-17(21-13)24-12-20-18(19,22-24)15-5-4-14(10-16(15)25-2)23-6-8-26-9-7-23/h4-5,10-12,22H,3,6-9,19H2,1-2H3. The third-order valence-electron chi connectivity index (χ3n) is 4.75. The maximum Gasteiger partial charge on any atom is 0.211 e. The summed E-state index contributed by atoms with van der Waals surface area (Å²) in [4.78, 5) is 11.4. The van der Waals surface area contributed by atoms with E-state index in [9.17, 15) is 0 Å². The number of rotatable bonds is 5. The summed E-state index contributed by atoms with van der Waals surface area (Å²) in [7, 11) is 1.65. The number of nitrogens with two attached hydrogens (primary N) is 1. The van der Waals surface area contributed by atoms with E-state index in [4.69, 9.17) is 15.2 Å². The zero-order valence-electron chi connectivity index (χ0n) is 15.5. The molecule has 9 heteroatoms. The highest BCUT2D eigenvalue weighted by Gasteiger charge is 2.36. The molecule has 144 valence electrons. The number of hydrogen-bond donors (Lipinski definition) is 2. The number of methoxy groups -OCH3 is 1. The molecule has 0 radical (unpaired) electrons. The van der Waals surface area contributed by atoms with Crippen LogP contribution in [0.3, 0.4) is 0 Å². The second-order valence-corrected chi connectivity index (χ2v) is 7.29. The molecule has 0 aliphatic carbocycles. The highest BCUT2D eigenvalue weighted by Crippen LogP contribution is 2.34. The van der Waals surface area contributed by atoms with Crippen LogP contribution in [0, 0.1) is 0 Å². The minimum absolute atomic E-state index is 0.696. The van der Waals surface area contributed by atoms with Crippen LogP contribution in [-0.2, 0) is 16.9 Å². The molecule has 3 N–H and O–H groups in total. The molecule has 0 amide bonds. The number of hydrazine groups is 1. The number of aliphatic imine (C=N–C) groups is 1. The van der Waals surface area contributed by atoms with Crippen molar-refractivity contribution in [2.75, 3.05) is 43.3 Å². The second-order valence-electron chi connectivity index (χ2n) is 6.45. The molecular weight excluding hydrogens is 364 g/mol. The largest absolute Gasteiger partial charge is 0.496 e. The molecule has 8 nitrogen and oxygen atoms in total. The van der Waals surface area contributed by atoms with Gasteiger partial charge in [-0.25, -0.2) is 15.0 Å². The molecule has 0 bridgehead atoms. The number of morpholine rings is 1. The molecule has 2 aliphatic heterocycles. The lowest BCUT2D eigenvalue weighted by molar-refractivity contribution is 0.122. The Kier molecular flexibility index (Phi) is 5.00. The van der Waals surface area contributed by atoms with E-state index in [-0.39, 0.29) is 0 Å². The number of hydrogen-bond acceptors (Lipinski definition) is 9. The first-order chi connectivity index (χ1) is 13.1. The van der Waals surface area contributed by atoms with Crippen LogP contribution >= 0.6 is 11.3 Å². The SMILES string of the molecule is CCc1csc(N2C=NC(N)(c3ccc(N4CCOCC4)cc3OC)N2)n1. The van der Waals surface area contributed by atoms with Crippen molar-refractivity contribution in [3.05, 3.63) is 34.8 Å². The average molecular weight is 388 g/mol. The van der Waals surface area contributed by atoms with Crippen molar-refractivity contribution >= 4 is 28.5 Å². The van der Waals surface area contributed by atoms with E-state index in [0.29, 0.717) is 5.75 Å². The first-order valence-electron chi connectivity index (χ1n) is 9.00. The van der Waals surface area contributed by atoms with Crippen molar-refractivity contribution < 1.29 is 9.47 Å². The Labute approximate surface area is 162 Å². The fourth-order valence-electron chi connectivity index (χ4n) is 3.20. The summed E-state index contributed by atoms with van der Waals surface area (Å²) >= 11 is 1.55. The minimum atomic E-state index is -1.10. The maximum atomic E-state index is 6.56. The topological polar surface area (TPSA) is 88.2 Å². The molecule has 1 atom stereocenters. The number of anilines is 2. The summed E-state index contributed by atoms with van der Waals surface area (Å²) in [5.41, 5.74) is 12.7. The summed E-state index contributed by atoms with van der Waals surface area (Å²) < 4.78 is 11.1. The first kappa shape index (κ1) is 18.2. The fourth-order valence-corrected chi connectivity index (χ4v) is 4.04. The van der Waals surface area contributed by atoms with Gasteiger partial charge in [-0.05, 0) is 18.6 Å². The van der Waals surface area contributed by atoms with Crippen molar-refractivity contribution in [3.63, 3.8) is 0 Å². The lowest BCUT2D eigenvalue weighted by Gasteiger charge is -2.31. The van der Waals surface area contributed by atoms with Gasteiger partial charge in [0.25, 0.3) is 0 Å². The van der Waals surface area contributed by atoms with E-state index in [1.54, 1.807) is 29.8 Å². The normalized spacial score (nSPS) is 22.5. The maximum absolute atomic E-state index is 6.56. The van der Waals surface area contributed by atoms with Crippen LogP contribution in [-0.4, -0.2) is 44.7 Å². The number of thiazole rings is 1. The van der Waals surface area contributed by atoms with Gasteiger partial charge in [-0.15, -0.1) is 11.3 Å². The smallest absolute Gasteiger partial charge is 0.211 e. The third-order valence-corrected chi connectivity index (χ3v) is 5.64. The monoisotopic (exact) mass is 388 g/mol.